The Morgan fingerprint density at radius 3 is 2.58 bits per heavy atom. The Morgan fingerprint density at radius 1 is 1.21 bits per heavy atom. The van der Waals surface area contributed by atoms with Crippen LogP contribution >= 0.6 is 15.9 Å². The van der Waals surface area contributed by atoms with Gasteiger partial charge in [0.15, 0.2) is 0 Å². The molecule has 0 aliphatic rings. The Labute approximate surface area is 126 Å². The highest BCUT2D eigenvalue weighted by Gasteiger charge is 2.07. The number of benzene rings is 1. The van der Waals surface area contributed by atoms with Gasteiger partial charge < -0.3 is 10.2 Å². The first-order valence-electron chi connectivity index (χ1n) is 7.11. The van der Waals surface area contributed by atoms with E-state index in [0.717, 1.165) is 36.6 Å². The van der Waals surface area contributed by atoms with Gasteiger partial charge in [-0.2, -0.15) is 0 Å². The zero-order chi connectivity index (χ0) is 14.3. The van der Waals surface area contributed by atoms with E-state index in [1.807, 2.05) is 0 Å². The molecule has 1 atom stereocenters. The second-order valence-corrected chi connectivity index (χ2v) is 6.90. The van der Waals surface area contributed by atoms with Crippen molar-refractivity contribution in [3.05, 3.63) is 34.3 Å². The summed E-state index contributed by atoms with van der Waals surface area (Å²) < 4.78 is 1.16. The standard InChI is InChI=1S/C16H27BrN2/c1-13(2)9-18-10-14(3)11-19(4)12-15-6-5-7-16(17)8-15/h5-8,13-14,18H,9-12H2,1-4H3. The van der Waals surface area contributed by atoms with E-state index in [1.54, 1.807) is 0 Å². The first kappa shape index (κ1) is 16.7. The second-order valence-electron chi connectivity index (χ2n) is 5.98. The Kier molecular flexibility index (Phi) is 7.66. The van der Waals surface area contributed by atoms with Gasteiger partial charge in [0.2, 0.25) is 0 Å². The van der Waals surface area contributed by atoms with E-state index in [1.165, 1.54) is 5.56 Å². The summed E-state index contributed by atoms with van der Waals surface area (Å²) in [7, 11) is 2.19. The van der Waals surface area contributed by atoms with Crippen molar-refractivity contribution in [1.82, 2.24) is 10.2 Å². The van der Waals surface area contributed by atoms with Crippen LogP contribution in [0.2, 0.25) is 0 Å². The molecular weight excluding hydrogens is 300 g/mol. The lowest BCUT2D eigenvalue weighted by Gasteiger charge is -2.22. The third-order valence-corrected chi connectivity index (χ3v) is 3.50. The van der Waals surface area contributed by atoms with Crippen molar-refractivity contribution in [2.75, 3.05) is 26.7 Å². The molecule has 0 heterocycles. The largest absolute Gasteiger partial charge is 0.316 e. The molecule has 0 aromatic heterocycles. The van der Waals surface area contributed by atoms with Crippen LogP contribution in [0, 0.1) is 11.8 Å². The Bertz CT molecular complexity index is 366. The third kappa shape index (κ3) is 7.71. The van der Waals surface area contributed by atoms with Crippen molar-refractivity contribution in [3.63, 3.8) is 0 Å². The highest BCUT2D eigenvalue weighted by Crippen LogP contribution is 2.13. The molecule has 108 valence electrons. The molecule has 1 aromatic rings. The number of nitrogens with one attached hydrogen (secondary N) is 1. The first-order chi connectivity index (χ1) is 8.97. The molecule has 0 aliphatic carbocycles. The van der Waals surface area contributed by atoms with Crippen LogP contribution in [0.5, 0.6) is 0 Å². The van der Waals surface area contributed by atoms with Crippen LogP contribution in [-0.4, -0.2) is 31.6 Å². The van der Waals surface area contributed by atoms with Crippen molar-refractivity contribution < 1.29 is 0 Å². The molecule has 0 saturated carbocycles. The van der Waals surface area contributed by atoms with E-state index in [9.17, 15) is 0 Å². The second kappa shape index (κ2) is 8.72. The first-order valence-corrected chi connectivity index (χ1v) is 7.90. The lowest BCUT2D eigenvalue weighted by molar-refractivity contribution is 0.272. The van der Waals surface area contributed by atoms with E-state index in [-0.39, 0.29) is 0 Å². The van der Waals surface area contributed by atoms with Crippen molar-refractivity contribution in [1.29, 1.82) is 0 Å². The van der Waals surface area contributed by atoms with Gasteiger partial charge in [0.1, 0.15) is 0 Å². The van der Waals surface area contributed by atoms with Crippen molar-refractivity contribution in [2.24, 2.45) is 11.8 Å². The maximum Gasteiger partial charge on any atom is 0.0231 e. The molecule has 0 bridgehead atoms. The molecular formula is C16H27BrN2. The summed E-state index contributed by atoms with van der Waals surface area (Å²) in [6, 6.07) is 8.55. The molecule has 0 radical (unpaired) electrons. The number of rotatable bonds is 8. The minimum absolute atomic E-state index is 0.677. The van der Waals surface area contributed by atoms with Crippen molar-refractivity contribution >= 4 is 15.9 Å². The van der Waals surface area contributed by atoms with Gasteiger partial charge in [-0.25, -0.2) is 0 Å². The SMILES string of the molecule is CC(C)CNCC(C)CN(C)Cc1cccc(Br)c1. The number of halogens is 1. The summed E-state index contributed by atoms with van der Waals surface area (Å²) in [5.41, 5.74) is 1.36. The molecule has 1 unspecified atom stereocenters. The highest BCUT2D eigenvalue weighted by atomic mass is 79.9. The highest BCUT2D eigenvalue weighted by molar-refractivity contribution is 9.10. The summed E-state index contributed by atoms with van der Waals surface area (Å²) in [6.07, 6.45) is 0. The van der Waals surface area contributed by atoms with E-state index in [2.05, 4.69) is 78.2 Å². The van der Waals surface area contributed by atoms with Crippen LogP contribution in [0.1, 0.15) is 26.3 Å². The average Bonchev–Trinajstić information content (AvgIpc) is 2.27. The monoisotopic (exact) mass is 326 g/mol. The number of hydrogen-bond acceptors (Lipinski definition) is 2. The quantitative estimate of drug-likeness (QED) is 0.782. The summed E-state index contributed by atoms with van der Waals surface area (Å²) >= 11 is 3.52. The molecule has 0 spiro atoms. The maximum atomic E-state index is 3.53. The molecule has 1 N–H and O–H groups in total. The van der Waals surface area contributed by atoms with Gasteiger partial charge in [-0.05, 0) is 49.7 Å². The van der Waals surface area contributed by atoms with Gasteiger partial charge in [-0.1, -0.05) is 48.8 Å². The van der Waals surface area contributed by atoms with Gasteiger partial charge in [0.05, 0.1) is 0 Å². The average molecular weight is 327 g/mol. The molecule has 1 aromatic carbocycles. The minimum Gasteiger partial charge on any atom is -0.316 e. The smallest absolute Gasteiger partial charge is 0.0231 e. The zero-order valence-corrected chi connectivity index (χ0v) is 14.2. The van der Waals surface area contributed by atoms with E-state index in [4.69, 9.17) is 0 Å². The molecule has 1 rings (SSSR count). The summed E-state index contributed by atoms with van der Waals surface area (Å²) in [5.74, 6) is 1.41. The van der Waals surface area contributed by atoms with Crippen LogP contribution in [0.25, 0.3) is 0 Å². The van der Waals surface area contributed by atoms with E-state index in [0.29, 0.717) is 5.92 Å². The molecule has 2 nitrogen and oxygen atoms in total. The van der Waals surface area contributed by atoms with E-state index >= 15 is 0 Å². The van der Waals surface area contributed by atoms with Crippen LogP contribution in [0.3, 0.4) is 0 Å². The fraction of sp³-hybridized carbons (Fsp3) is 0.625. The summed E-state index contributed by atoms with van der Waals surface area (Å²) in [5, 5.41) is 3.53. The number of nitrogens with zero attached hydrogens (tertiary/aromatic N) is 1. The Morgan fingerprint density at radius 2 is 1.95 bits per heavy atom. The predicted octanol–water partition coefficient (Wildman–Crippen LogP) is 3.76. The predicted molar refractivity (Wildman–Crippen MR) is 87.3 cm³/mol. The van der Waals surface area contributed by atoms with Crippen LogP contribution in [-0.2, 0) is 6.54 Å². The minimum atomic E-state index is 0.677. The zero-order valence-electron chi connectivity index (χ0n) is 12.6. The molecule has 3 heteroatoms. The lowest BCUT2D eigenvalue weighted by Crippen LogP contribution is -2.32. The third-order valence-electron chi connectivity index (χ3n) is 3.01. The van der Waals surface area contributed by atoms with E-state index < -0.39 is 0 Å². The van der Waals surface area contributed by atoms with Crippen molar-refractivity contribution in [2.45, 2.75) is 27.3 Å². The van der Waals surface area contributed by atoms with Gasteiger partial charge in [0, 0.05) is 17.6 Å². The topological polar surface area (TPSA) is 15.3 Å². The van der Waals surface area contributed by atoms with Crippen molar-refractivity contribution in [3.8, 4) is 0 Å². The molecule has 0 saturated heterocycles. The molecule has 19 heavy (non-hydrogen) atoms. The van der Waals surface area contributed by atoms with Gasteiger partial charge in [-0.15, -0.1) is 0 Å². The molecule has 0 amide bonds. The fourth-order valence-corrected chi connectivity index (χ4v) is 2.67. The van der Waals surface area contributed by atoms with Gasteiger partial charge >= 0.3 is 0 Å². The lowest BCUT2D eigenvalue weighted by atomic mass is 10.1. The number of hydrogen-bond donors (Lipinski definition) is 1. The Hall–Kier alpha value is -0.380. The fourth-order valence-electron chi connectivity index (χ4n) is 2.23. The maximum absolute atomic E-state index is 3.53. The Balaban J connectivity index is 2.28. The summed E-state index contributed by atoms with van der Waals surface area (Å²) in [4.78, 5) is 2.39. The molecule has 0 fully saturated rings. The molecule has 0 aliphatic heterocycles. The van der Waals surface area contributed by atoms with Crippen LogP contribution in [0.15, 0.2) is 28.7 Å². The van der Waals surface area contributed by atoms with Crippen LogP contribution in [0.4, 0.5) is 0 Å². The van der Waals surface area contributed by atoms with Crippen LogP contribution < -0.4 is 5.32 Å². The summed E-state index contributed by atoms with van der Waals surface area (Å²) in [6.45, 7) is 11.1. The van der Waals surface area contributed by atoms with Gasteiger partial charge in [0.25, 0.3) is 0 Å². The van der Waals surface area contributed by atoms with Gasteiger partial charge in [-0.3, -0.25) is 0 Å². The normalized spacial score (nSPS) is 13.2.